The number of amides is 1. The van der Waals surface area contributed by atoms with Gasteiger partial charge in [-0.15, -0.1) is 0 Å². The number of halogens is 2. The molecule has 0 bridgehead atoms. The molecule has 0 saturated carbocycles. The molecule has 0 spiro atoms. The zero-order chi connectivity index (χ0) is 21.1. The van der Waals surface area contributed by atoms with E-state index in [0.717, 1.165) is 23.1 Å². The van der Waals surface area contributed by atoms with Crippen LogP contribution in [0.25, 0.3) is 16.6 Å². The molecular weight excluding hydrogens is 449 g/mol. The minimum Gasteiger partial charge on any atom is -0.344 e. The highest BCUT2D eigenvalue weighted by atomic mass is 79.9. The van der Waals surface area contributed by atoms with Crippen LogP contribution in [0.4, 0.5) is 4.39 Å². The second-order valence-electron chi connectivity index (χ2n) is 6.85. The average molecular weight is 468 g/mol. The van der Waals surface area contributed by atoms with Crippen LogP contribution in [0, 0.1) is 5.82 Å². The standard InChI is InChI=1S/C22H19BrFN5O/c1-2-4-18(19-5-3-6-21(23)27-19)28-22(30)17-11-25-13-20-16(17)12-26-29(20)15-9-7-14(24)8-10-15/h3,5-13,18H,2,4H2,1H3,(H,28,30)/t18-/m0/s1. The van der Waals surface area contributed by atoms with E-state index in [9.17, 15) is 9.18 Å². The minimum atomic E-state index is -0.323. The number of rotatable bonds is 6. The van der Waals surface area contributed by atoms with E-state index < -0.39 is 0 Å². The van der Waals surface area contributed by atoms with Gasteiger partial charge in [-0.05, 0) is 58.7 Å². The first kappa shape index (κ1) is 20.2. The van der Waals surface area contributed by atoms with Gasteiger partial charge in [0.1, 0.15) is 10.4 Å². The van der Waals surface area contributed by atoms with Gasteiger partial charge in [-0.1, -0.05) is 19.4 Å². The molecule has 30 heavy (non-hydrogen) atoms. The lowest BCUT2D eigenvalue weighted by Gasteiger charge is -2.18. The van der Waals surface area contributed by atoms with Crippen molar-refractivity contribution in [2.75, 3.05) is 0 Å². The zero-order valence-electron chi connectivity index (χ0n) is 16.2. The van der Waals surface area contributed by atoms with Crippen LogP contribution in [0.2, 0.25) is 0 Å². The van der Waals surface area contributed by atoms with E-state index in [0.29, 0.717) is 22.2 Å². The summed E-state index contributed by atoms with van der Waals surface area (Å²) < 4.78 is 15.6. The fourth-order valence-electron chi connectivity index (χ4n) is 3.35. The Morgan fingerprint density at radius 2 is 1.97 bits per heavy atom. The molecular formula is C22H19BrFN5O. The SMILES string of the molecule is CCC[C@H](NC(=O)c1cncc2c1cnn2-c1ccc(F)cc1)c1cccc(Br)n1. The van der Waals surface area contributed by atoms with E-state index in [1.165, 1.54) is 18.3 Å². The predicted molar refractivity (Wildman–Crippen MR) is 116 cm³/mol. The van der Waals surface area contributed by atoms with Gasteiger partial charge in [-0.2, -0.15) is 5.10 Å². The van der Waals surface area contributed by atoms with Crippen molar-refractivity contribution in [1.82, 2.24) is 25.1 Å². The molecule has 0 radical (unpaired) electrons. The largest absolute Gasteiger partial charge is 0.344 e. The molecule has 0 unspecified atom stereocenters. The summed E-state index contributed by atoms with van der Waals surface area (Å²) in [5.74, 6) is -0.566. The first-order chi connectivity index (χ1) is 14.6. The zero-order valence-corrected chi connectivity index (χ0v) is 17.8. The molecule has 3 aromatic heterocycles. The molecule has 0 aliphatic heterocycles. The summed E-state index contributed by atoms with van der Waals surface area (Å²) in [5, 5.41) is 8.13. The number of aromatic nitrogens is 4. The summed E-state index contributed by atoms with van der Waals surface area (Å²) in [5.41, 5.74) is 2.58. The summed E-state index contributed by atoms with van der Waals surface area (Å²) >= 11 is 3.39. The lowest BCUT2D eigenvalue weighted by Crippen LogP contribution is -2.29. The Hall–Kier alpha value is -3.13. The molecule has 1 aromatic carbocycles. The minimum absolute atomic E-state index is 0.220. The van der Waals surface area contributed by atoms with Crippen LogP contribution >= 0.6 is 15.9 Å². The quantitative estimate of drug-likeness (QED) is 0.405. The van der Waals surface area contributed by atoms with Crippen LogP contribution in [-0.2, 0) is 0 Å². The third kappa shape index (κ3) is 4.09. The fourth-order valence-corrected chi connectivity index (χ4v) is 3.70. The third-order valence-electron chi connectivity index (χ3n) is 4.79. The van der Waals surface area contributed by atoms with Crippen molar-refractivity contribution in [3.05, 3.63) is 82.7 Å². The summed E-state index contributed by atoms with van der Waals surface area (Å²) in [6.07, 6.45) is 6.45. The van der Waals surface area contributed by atoms with E-state index in [-0.39, 0.29) is 17.8 Å². The first-order valence-corrected chi connectivity index (χ1v) is 10.4. The Balaban J connectivity index is 1.67. The number of hydrogen-bond donors (Lipinski definition) is 1. The van der Waals surface area contributed by atoms with Crippen molar-refractivity contribution >= 4 is 32.7 Å². The molecule has 0 aliphatic carbocycles. The van der Waals surface area contributed by atoms with Gasteiger partial charge in [0.15, 0.2) is 0 Å². The molecule has 1 amide bonds. The molecule has 1 atom stereocenters. The molecule has 0 aliphatic rings. The van der Waals surface area contributed by atoms with Gasteiger partial charge in [0.25, 0.3) is 5.91 Å². The number of nitrogens with zero attached hydrogens (tertiary/aromatic N) is 4. The van der Waals surface area contributed by atoms with Crippen LogP contribution in [0.3, 0.4) is 0 Å². The van der Waals surface area contributed by atoms with Crippen LogP contribution in [0.1, 0.15) is 41.9 Å². The van der Waals surface area contributed by atoms with E-state index in [1.807, 2.05) is 18.2 Å². The van der Waals surface area contributed by atoms with Crippen molar-refractivity contribution in [1.29, 1.82) is 0 Å². The molecule has 8 heteroatoms. The molecule has 4 rings (SSSR count). The van der Waals surface area contributed by atoms with Crippen LogP contribution in [0.15, 0.2) is 65.7 Å². The van der Waals surface area contributed by atoms with E-state index in [4.69, 9.17) is 0 Å². The first-order valence-electron chi connectivity index (χ1n) is 9.58. The summed E-state index contributed by atoms with van der Waals surface area (Å²) in [6.45, 7) is 2.06. The number of fused-ring (bicyclic) bond motifs is 1. The highest BCUT2D eigenvalue weighted by Gasteiger charge is 2.20. The molecule has 152 valence electrons. The molecule has 0 saturated heterocycles. The molecule has 4 aromatic rings. The second kappa shape index (κ2) is 8.71. The fraction of sp³-hybridized carbons (Fsp3) is 0.182. The number of nitrogens with one attached hydrogen (secondary N) is 1. The normalized spacial score (nSPS) is 12.1. The predicted octanol–water partition coefficient (Wildman–Crippen LogP) is 4.99. The maximum Gasteiger partial charge on any atom is 0.254 e. The lowest BCUT2D eigenvalue weighted by atomic mass is 10.1. The van der Waals surface area contributed by atoms with Gasteiger partial charge in [-0.25, -0.2) is 14.1 Å². The van der Waals surface area contributed by atoms with Crippen LogP contribution in [-0.4, -0.2) is 25.7 Å². The monoisotopic (exact) mass is 467 g/mol. The number of hydrogen-bond acceptors (Lipinski definition) is 4. The summed E-state index contributed by atoms with van der Waals surface area (Å²) in [6, 6.07) is 11.4. The Morgan fingerprint density at radius 1 is 1.17 bits per heavy atom. The smallest absolute Gasteiger partial charge is 0.254 e. The van der Waals surface area contributed by atoms with Crippen molar-refractivity contribution in [2.45, 2.75) is 25.8 Å². The highest BCUT2D eigenvalue weighted by Crippen LogP contribution is 2.23. The Labute approximate surface area is 181 Å². The van der Waals surface area contributed by atoms with E-state index in [2.05, 4.69) is 43.2 Å². The molecule has 1 N–H and O–H groups in total. The maximum atomic E-state index is 13.3. The van der Waals surface area contributed by atoms with Gasteiger partial charge in [0, 0.05) is 11.6 Å². The Bertz CT molecular complexity index is 1190. The number of pyridine rings is 2. The lowest BCUT2D eigenvalue weighted by molar-refractivity contribution is 0.0935. The molecule has 0 fully saturated rings. The summed E-state index contributed by atoms with van der Waals surface area (Å²) in [4.78, 5) is 21.8. The topological polar surface area (TPSA) is 72.7 Å². The van der Waals surface area contributed by atoms with Crippen molar-refractivity contribution < 1.29 is 9.18 Å². The van der Waals surface area contributed by atoms with Crippen molar-refractivity contribution in [3.8, 4) is 5.69 Å². The van der Waals surface area contributed by atoms with Gasteiger partial charge in [0.05, 0.1) is 40.9 Å². The van der Waals surface area contributed by atoms with Gasteiger partial charge >= 0.3 is 0 Å². The molecule has 3 heterocycles. The van der Waals surface area contributed by atoms with Crippen molar-refractivity contribution in [2.24, 2.45) is 0 Å². The molecule has 6 nitrogen and oxygen atoms in total. The third-order valence-corrected chi connectivity index (χ3v) is 5.23. The van der Waals surface area contributed by atoms with Gasteiger partial charge < -0.3 is 5.32 Å². The van der Waals surface area contributed by atoms with Crippen LogP contribution in [0.5, 0.6) is 0 Å². The Kier molecular flexibility index (Phi) is 5.85. The Morgan fingerprint density at radius 3 is 2.70 bits per heavy atom. The highest BCUT2D eigenvalue weighted by molar-refractivity contribution is 9.10. The number of carbonyl (C=O) groups is 1. The average Bonchev–Trinajstić information content (AvgIpc) is 3.18. The van der Waals surface area contributed by atoms with Crippen molar-refractivity contribution in [3.63, 3.8) is 0 Å². The number of benzene rings is 1. The summed E-state index contributed by atoms with van der Waals surface area (Å²) in [7, 11) is 0. The maximum absolute atomic E-state index is 13.3. The van der Waals surface area contributed by atoms with E-state index in [1.54, 1.807) is 29.2 Å². The van der Waals surface area contributed by atoms with Gasteiger partial charge in [-0.3, -0.25) is 9.78 Å². The second-order valence-corrected chi connectivity index (χ2v) is 7.67. The number of carbonyl (C=O) groups excluding carboxylic acids is 1. The van der Waals surface area contributed by atoms with Crippen LogP contribution < -0.4 is 5.32 Å². The van der Waals surface area contributed by atoms with E-state index >= 15 is 0 Å². The van der Waals surface area contributed by atoms with Gasteiger partial charge in [0.2, 0.25) is 0 Å².